The molecule has 162 valence electrons. The second-order valence-corrected chi connectivity index (χ2v) is 9.66. The minimum Gasteiger partial charge on any atom is -0.298 e. The maximum atomic E-state index is 13.5. The Hall–Kier alpha value is -1.62. The molecule has 0 amide bonds. The van der Waals surface area contributed by atoms with Crippen molar-refractivity contribution in [2.24, 2.45) is 33.7 Å². The topological polar surface area (TPSA) is 58.9 Å². The third kappa shape index (κ3) is 5.35. The van der Waals surface area contributed by atoms with Gasteiger partial charge in [0.05, 0.1) is 11.4 Å². The Morgan fingerprint density at radius 3 is 2.60 bits per heavy atom. The predicted molar refractivity (Wildman–Crippen MR) is 127 cm³/mol. The van der Waals surface area contributed by atoms with Crippen molar-refractivity contribution in [1.82, 2.24) is 0 Å². The van der Waals surface area contributed by atoms with Crippen LogP contribution in [0.1, 0.15) is 68.3 Å². The largest absolute Gasteiger partial charge is 0.298 e. The molecule has 1 aliphatic heterocycles. The molecule has 1 aromatic rings. The first-order valence-electron chi connectivity index (χ1n) is 11.1. The zero-order valence-corrected chi connectivity index (χ0v) is 19.8. The summed E-state index contributed by atoms with van der Waals surface area (Å²) in [7, 11) is 0. The van der Waals surface area contributed by atoms with E-state index in [0.29, 0.717) is 41.8 Å². The SMILES string of the molecule is CC1CCC(C(=O)CBr)CC(C)C1CC(=O)c1ccccc1C1CN=CC=NC1C. The Balaban J connectivity index is 1.80. The molecule has 1 fully saturated rings. The van der Waals surface area contributed by atoms with Crippen LogP contribution in [-0.2, 0) is 4.79 Å². The molecule has 2 aliphatic rings. The van der Waals surface area contributed by atoms with Crippen molar-refractivity contribution in [2.75, 3.05) is 11.9 Å². The monoisotopic (exact) mass is 472 g/mol. The van der Waals surface area contributed by atoms with Crippen LogP contribution in [0.3, 0.4) is 0 Å². The molecular weight excluding hydrogens is 440 g/mol. The third-order valence-electron chi connectivity index (χ3n) is 7.14. The standard InChI is InChI=1S/C25H33BrN2O2/c1-16-8-9-19(25(30)14-26)12-17(2)22(16)13-24(29)21-7-5-4-6-20(21)23-15-27-10-11-28-18(23)3/h4-7,10-11,16-19,22-23H,8-9,12-15H2,1-3H3. The molecule has 0 N–H and O–H groups in total. The molecule has 30 heavy (non-hydrogen) atoms. The van der Waals surface area contributed by atoms with Gasteiger partial charge in [0.1, 0.15) is 5.78 Å². The fraction of sp³-hybridized carbons (Fsp3) is 0.600. The van der Waals surface area contributed by atoms with Crippen LogP contribution in [0, 0.1) is 23.7 Å². The van der Waals surface area contributed by atoms with E-state index in [-0.39, 0.29) is 23.7 Å². The number of alkyl halides is 1. The lowest BCUT2D eigenvalue weighted by Crippen LogP contribution is -2.25. The van der Waals surface area contributed by atoms with Gasteiger partial charge in [-0.2, -0.15) is 0 Å². The first-order valence-corrected chi connectivity index (χ1v) is 12.3. The molecule has 1 aromatic carbocycles. The molecule has 6 unspecified atom stereocenters. The highest BCUT2D eigenvalue weighted by molar-refractivity contribution is 9.09. The molecule has 6 atom stereocenters. The maximum absolute atomic E-state index is 13.5. The third-order valence-corrected chi connectivity index (χ3v) is 7.69. The van der Waals surface area contributed by atoms with Gasteiger partial charge in [0.15, 0.2) is 5.78 Å². The summed E-state index contributed by atoms with van der Waals surface area (Å²) >= 11 is 3.33. The zero-order chi connectivity index (χ0) is 21.7. The number of Topliss-reactive ketones (excluding diaryl/α,β-unsaturated/α-hetero) is 2. The minimum absolute atomic E-state index is 0.0909. The average Bonchev–Trinajstić information content (AvgIpc) is 3.04. The fourth-order valence-electron chi connectivity index (χ4n) is 5.19. The Bertz CT molecular complexity index is 819. The van der Waals surface area contributed by atoms with Gasteiger partial charge in [-0.3, -0.25) is 19.6 Å². The summed E-state index contributed by atoms with van der Waals surface area (Å²) in [4.78, 5) is 34.7. The van der Waals surface area contributed by atoms with Gasteiger partial charge in [-0.1, -0.05) is 54.0 Å². The van der Waals surface area contributed by atoms with Gasteiger partial charge >= 0.3 is 0 Å². The van der Waals surface area contributed by atoms with Crippen molar-refractivity contribution in [2.45, 2.75) is 58.4 Å². The van der Waals surface area contributed by atoms with Crippen molar-refractivity contribution in [3.05, 3.63) is 35.4 Å². The first-order chi connectivity index (χ1) is 14.4. The molecule has 3 rings (SSSR count). The van der Waals surface area contributed by atoms with Gasteiger partial charge < -0.3 is 0 Å². The predicted octanol–water partition coefficient (Wildman–Crippen LogP) is 5.54. The number of halogens is 1. The number of carbonyl (C=O) groups is 2. The van der Waals surface area contributed by atoms with Gasteiger partial charge in [-0.05, 0) is 49.5 Å². The number of nitrogens with zero attached hydrogens (tertiary/aromatic N) is 2. The molecule has 0 aromatic heterocycles. The van der Waals surface area contributed by atoms with E-state index in [0.717, 1.165) is 30.4 Å². The quantitative estimate of drug-likeness (QED) is 0.310. The summed E-state index contributed by atoms with van der Waals surface area (Å²) in [5, 5.41) is 0.431. The lowest BCUT2D eigenvalue weighted by atomic mass is 9.77. The molecule has 0 radical (unpaired) electrons. The molecule has 4 nitrogen and oxygen atoms in total. The number of carbonyl (C=O) groups excluding carboxylic acids is 2. The van der Waals surface area contributed by atoms with Crippen LogP contribution in [0.5, 0.6) is 0 Å². The number of benzene rings is 1. The molecule has 5 heteroatoms. The summed E-state index contributed by atoms with van der Waals surface area (Å²) in [5.41, 5.74) is 1.88. The van der Waals surface area contributed by atoms with Crippen molar-refractivity contribution in [3.63, 3.8) is 0 Å². The average molecular weight is 473 g/mol. The second kappa shape index (κ2) is 10.6. The lowest BCUT2D eigenvalue weighted by Gasteiger charge is -2.28. The van der Waals surface area contributed by atoms with E-state index in [1.165, 1.54) is 0 Å². The van der Waals surface area contributed by atoms with Gasteiger partial charge in [0.2, 0.25) is 0 Å². The van der Waals surface area contributed by atoms with Gasteiger partial charge in [0.25, 0.3) is 0 Å². The molecular formula is C25H33BrN2O2. The van der Waals surface area contributed by atoms with E-state index in [1.807, 2.05) is 18.2 Å². The van der Waals surface area contributed by atoms with E-state index in [1.54, 1.807) is 12.4 Å². The fourth-order valence-corrected chi connectivity index (χ4v) is 5.65. The van der Waals surface area contributed by atoms with Gasteiger partial charge in [-0.15, -0.1) is 0 Å². The summed E-state index contributed by atoms with van der Waals surface area (Å²) < 4.78 is 0. The Morgan fingerprint density at radius 2 is 1.83 bits per heavy atom. The first kappa shape index (κ1) is 23.1. The normalized spacial score (nSPS) is 31.7. The zero-order valence-electron chi connectivity index (χ0n) is 18.3. The van der Waals surface area contributed by atoms with Crippen LogP contribution in [0.25, 0.3) is 0 Å². The Kier molecular flexibility index (Phi) is 8.15. The molecule has 1 aliphatic carbocycles. The number of hydrogen-bond donors (Lipinski definition) is 0. The number of rotatable bonds is 6. The van der Waals surface area contributed by atoms with E-state index in [2.05, 4.69) is 52.8 Å². The highest BCUT2D eigenvalue weighted by atomic mass is 79.9. The van der Waals surface area contributed by atoms with Crippen LogP contribution in [-0.4, -0.2) is 41.9 Å². The van der Waals surface area contributed by atoms with Crippen molar-refractivity contribution in [3.8, 4) is 0 Å². The number of aliphatic imine (C=N–C) groups is 2. The summed E-state index contributed by atoms with van der Waals surface area (Å²) in [5.74, 6) is 1.86. The molecule has 1 saturated carbocycles. The van der Waals surface area contributed by atoms with Crippen LogP contribution in [0.4, 0.5) is 0 Å². The van der Waals surface area contributed by atoms with E-state index in [4.69, 9.17) is 0 Å². The molecule has 0 saturated heterocycles. The highest BCUT2D eigenvalue weighted by Crippen LogP contribution is 2.39. The number of hydrogen-bond acceptors (Lipinski definition) is 4. The minimum atomic E-state index is 0.0909. The van der Waals surface area contributed by atoms with Crippen LogP contribution < -0.4 is 0 Å². The van der Waals surface area contributed by atoms with Crippen molar-refractivity contribution in [1.29, 1.82) is 0 Å². The summed E-state index contributed by atoms with van der Waals surface area (Å²) in [6.07, 6.45) is 6.89. The van der Waals surface area contributed by atoms with Gasteiger partial charge in [-0.25, -0.2) is 0 Å². The summed E-state index contributed by atoms with van der Waals surface area (Å²) in [6, 6.07) is 8.08. The van der Waals surface area contributed by atoms with E-state index >= 15 is 0 Å². The number of ketones is 2. The maximum Gasteiger partial charge on any atom is 0.163 e. The molecule has 1 heterocycles. The van der Waals surface area contributed by atoms with E-state index in [9.17, 15) is 9.59 Å². The lowest BCUT2D eigenvalue weighted by molar-refractivity contribution is -0.120. The van der Waals surface area contributed by atoms with Crippen LogP contribution >= 0.6 is 15.9 Å². The van der Waals surface area contributed by atoms with Crippen molar-refractivity contribution >= 4 is 39.9 Å². The van der Waals surface area contributed by atoms with Crippen LogP contribution in [0.15, 0.2) is 34.3 Å². The summed E-state index contributed by atoms with van der Waals surface area (Å²) in [6.45, 7) is 7.21. The van der Waals surface area contributed by atoms with Gasteiger partial charge in [0, 0.05) is 42.8 Å². The molecule has 0 spiro atoms. The van der Waals surface area contributed by atoms with Crippen LogP contribution in [0.2, 0.25) is 0 Å². The van der Waals surface area contributed by atoms with Crippen molar-refractivity contribution < 1.29 is 9.59 Å². The highest BCUT2D eigenvalue weighted by Gasteiger charge is 2.34. The molecule has 0 bridgehead atoms. The van der Waals surface area contributed by atoms with E-state index < -0.39 is 0 Å². The Morgan fingerprint density at radius 1 is 1.07 bits per heavy atom. The smallest absolute Gasteiger partial charge is 0.163 e. The second-order valence-electron chi connectivity index (χ2n) is 9.10. The Labute approximate surface area is 188 Å².